The Kier molecular flexibility index (Phi) is 4.49. The molecule has 0 bridgehead atoms. The lowest BCUT2D eigenvalue weighted by Crippen LogP contribution is -2.10. The number of ether oxygens (including phenoxy) is 1. The van der Waals surface area contributed by atoms with Gasteiger partial charge >= 0.3 is 5.69 Å². The molecule has 0 heterocycles. The SMILES string of the molecule is Cc1ccc(COc2ccc(C(N)=S)cc2[N+](=O)[O-])cc1. The molecule has 0 saturated heterocycles. The van der Waals surface area contributed by atoms with Crippen molar-refractivity contribution in [2.45, 2.75) is 13.5 Å². The van der Waals surface area contributed by atoms with Crippen LogP contribution in [0.5, 0.6) is 5.75 Å². The van der Waals surface area contributed by atoms with E-state index >= 15 is 0 Å². The van der Waals surface area contributed by atoms with Crippen molar-refractivity contribution in [2.24, 2.45) is 5.73 Å². The summed E-state index contributed by atoms with van der Waals surface area (Å²) in [5.74, 6) is 0.195. The summed E-state index contributed by atoms with van der Waals surface area (Å²) >= 11 is 4.82. The molecular weight excluding hydrogens is 288 g/mol. The topological polar surface area (TPSA) is 78.4 Å². The second-order valence-electron chi connectivity index (χ2n) is 4.58. The highest BCUT2D eigenvalue weighted by Crippen LogP contribution is 2.28. The van der Waals surface area contributed by atoms with Crippen LogP contribution < -0.4 is 10.5 Å². The Balaban J connectivity index is 2.21. The summed E-state index contributed by atoms with van der Waals surface area (Å²) in [7, 11) is 0. The lowest BCUT2D eigenvalue weighted by molar-refractivity contribution is -0.386. The van der Waals surface area contributed by atoms with E-state index in [2.05, 4.69) is 0 Å². The highest BCUT2D eigenvalue weighted by atomic mass is 32.1. The predicted molar refractivity (Wildman–Crippen MR) is 84.5 cm³/mol. The summed E-state index contributed by atoms with van der Waals surface area (Å²) in [5, 5.41) is 11.1. The van der Waals surface area contributed by atoms with Gasteiger partial charge in [-0.3, -0.25) is 10.1 Å². The van der Waals surface area contributed by atoms with Gasteiger partial charge in [-0.25, -0.2) is 0 Å². The first-order valence-electron chi connectivity index (χ1n) is 6.24. The number of nitro benzene ring substituents is 1. The van der Waals surface area contributed by atoms with Crippen molar-refractivity contribution < 1.29 is 9.66 Å². The number of thiocarbonyl (C=S) groups is 1. The highest BCUT2D eigenvalue weighted by Gasteiger charge is 2.17. The maximum atomic E-state index is 11.1. The Bertz CT molecular complexity index is 684. The van der Waals surface area contributed by atoms with E-state index in [-0.39, 0.29) is 23.0 Å². The molecule has 0 saturated carbocycles. The van der Waals surface area contributed by atoms with Crippen LogP contribution in [-0.4, -0.2) is 9.91 Å². The Labute approximate surface area is 127 Å². The van der Waals surface area contributed by atoms with Gasteiger partial charge in [0.25, 0.3) is 0 Å². The molecule has 21 heavy (non-hydrogen) atoms. The number of rotatable bonds is 5. The van der Waals surface area contributed by atoms with E-state index in [1.54, 1.807) is 6.07 Å². The number of aryl methyl sites for hydroxylation is 1. The lowest BCUT2D eigenvalue weighted by atomic mass is 10.1. The zero-order valence-electron chi connectivity index (χ0n) is 11.4. The molecule has 0 aliphatic carbocycles. The minimum absolute atomic E-state index is 0.114. The predicted octanol–water partition coefficient (Wildman–Crippen LogP) is 3.12. The van der Waals surface area contributed by atoms with E-state index in [9.17, 15) is 10.1 Å². The van der Waals surface area contributed by atoms with E-state index in [0.29, 0.717) is 5.56 Å². The molecule has 0 aliphatic rings. The van der Waals surface area contributed by atoms with E-state index in [1.807, 2.05) is 31.2 Å². The Hall–Kier alpha value is -2.47. The molecule has 0 radical (unpaired) electrons. The van der Waals surface area contributed by atoms with Gasteiger partial charge in [0, 0.05) is 11.6 Å². The van der Waals surface area contributed by atoms with E-state index < -0.39 is 4.92 Å². The fourth-order valence-corrected chi connectivity index (χ4v) is 1.91. The van der Waals surface area contributed by atoms with Crippen LogP contribution in [0.3, 0.4) is 0 Å². The quantitative estimate of drug-likeness (QED) is 0.521. The zero-order valence-corrected chi connectivity index (χ0v) is 12.2. The van der Waals surface area contributed by atoms with E-state index in [0.717, 1.165) is 11.1 Å². The molecule has 2 aromatic rings. The van der Waals surface area contributed by atoms with Gasteiger partial charge in [0.05, 0.1) is 4.92 Å². The smallest absolute Gasteiger partial charge is 0.311 e. The first-order chi connectivity index (χ1) is 9.97. The second-order valence-corrected chi connectivity index (χ2v) is 5.02. The zero-order chi connectivity index (χ0) is 15.4. The monoisotopic (exact) mass is 302 g/mol. The number of nitro groups is 1. The number of hydrogen-bond donors (Lipinski definition) is 1. The van der Waals surface area contributed by atoms with Crippen molar-refractivity contribution in [3.63, 3.8) is 0 Å². The van der Waals surface area contributed by atoms with Crippen molar-refractivity contribution in [2.75, 3.05) is 0 Å². The normalized spacial score (nSPS) is 10.1. The molecule has 0 amide bonds. The molecule has 5 nitrogen and oxygen atoms in total. The van der Waals surface area contributed by atoms with Gasteiger partial charge in [0.15, 0.2) is 5.75 Å². The molecule has 0 unspecified atom stereocenters. The minimum atomic E-state index is -0.508. The summed E-state index contributed by atoms with van der Waals surface area (Å²) < 4.78 is 5.53. The molecule has 0 fully saturated rings. The van der Waals surface area contributed by atoms with Gasteiger partial charge in [-0.05, 0) is 24.6 Å². The third-order valence-corrected chi connectivity index (χ3v) is 3.19. The summed E-state index contributed by atoms with van der Waals surface area (Å²) in [6.45, 7) is 2.25. The van der Waals surface area contributed by atoms with Gasteiger partial charge in [0.1, 0.15) is 11.6 Å². The van der Waals surface area contributed by atoms with Crippen LogP contribution >= 0.6 is 12.2 Å². The van der Waals surface area contributed by atoms with Crippen LogP contribution in [0.1, 0.15) is 16.7 Å². The molecule has 2 rings (SSSR count). The first-order valence-corrected chi connectivity index (χ1v) is 6.65. The van der Waals surface area contributed by atoms with Crippen molar-refractivity contribution in [1.82, 2.24) is 0 Å². The van der Waals surface area contributed by atoms with Crippen molar-refractivity contribution in [1.29, 1.82) is 0 Å². The molecule has 6 heteroatoms. The van der Waals surface area contributed by atoms with Crippen molar-refractivity contribution in [3.8, 4) is 5.75 Å². The maximum Gasteiger partial charge on any atom is 0.311 e. The van der Waals surface area contributed by atoms with Crippen molar-refractivity contribution >= 4 is 22.9 Å². The van der Waals surface area contributed by atoms with Gasteiger partial charge < -0.3 is 10.5 Å². The van der Waals surface area contributed by atoms with Gasteiger partial charge in [-0.2, -0.15) is 0 Å². The number of benzene rings is 2. The van der Waals surface area contributed by atoms with Gasteiger partial charge in [-0.1, -0.05) is 42.0 Å². The third kappa shape index (κ3) is 3.76. The molecule has 2 N–H and O–H groups in total. The van der Waals surface area contributed by atoms with E-state index in [1.165, 1.54) is 12.1 Å². The summed E-state index contributed by atoms with van der Waals surface area (Å²) in [6, 6.07) is 12.2. The standard InChI is InChI=1S/C15H14N2O3S/c1-10-2-4-11(5-3-10)9-20-14-7-6-12(15(16)21)8-13(14)17(18)19/h2-8H,9H2,1H3,(H2,16,21). The molecule has 0 atom stereocenters. The summed E-state index contributed by atoms with van der Waals surface area (Å²) in [6.07, 6.45) is 0. The van der Waals surface area contributed by atoms with Gasteiger partial charge in [-0.15, -0.1) is 0 Å². The Morgan fingerprint density at radius 1 is 1.29 bits per heavy atom. The molecule has 108 valence electrons. The highest BCUT2D eigenvalue weighted by molar-refractivity contribution is 7.80. The minimum Gasteiger partial charge on any atom is -0.482 e. The second kappa shape index (κ2) is 6.32. The average molecular weight is 302 g/mol. The van der Waals surface area contributed by atoms with Crippen LogP contribution in [-0.2, 0) is 6.61 Å². The molecular formula is C15H14N2O3S. The average Bonchev–Trinajstić information content (AvgIpc) is 2.46. The number of hydrogen-bond acceptors (Lipinski definition) is 4. The van der Waals surface area contributed by atoms with Gasteiger partial charge in [0.2, 0.25) is 0 Å². The van der Waals surface area contributed by atoms with Crippen LogP contribution in [0.15, 0.2) is 42.5 Å². The van der Waals surface area contributed by atoms with E-state index in [4.69, 9.17) is 22.7 Å². The molecule has 0 aromatic heterocycles. The van der Waals surface area contributed by atoms with Crippen LogP contribution in [0.2, 0.25) is 0 Å². The summed E-state index contributed by atoms with van der Waals surface area (Å²) in [5.41, 5.74) is 7.86. The van der Waals surface area contributed by atoms with Crippen LogP contribution in [0.4, 0.5) is 5.69 Å². The van der Waals surface area contributed by atoms with Crippen molar-refractivity contribution in [3.05, 3.63) is 69.3 Å². The molecule has 0 aliphatic heterocycles. The number of nitrogens with zero attached hydrogens (tertiary/aromatic N) is 1. The Morgan fingerprint density at radius 3 is 2.52 bits per heavy atom. The van der Waals surface area contributed by atoms with Crippen LogP contribution in [0, 0.1) is 17.0 Å². The fraction of sp³-hybridized carbons (Fsp3) is 0.133. The first kappa shape index (κ1) is 14.9. The largest absolute Gasteiger partial charge is 0.482 e. The lowest BCUT2D eigenvalue weighted by Gasteiger charge is -2.08. The molecule has 0 spiro atoms. The molecule has 2 aromatic carbocycles. The maximum absolute atomic E-state index is 11.1. The Morgan fingerprint density at radius 2 is 1.95 bits per heavy atom. The van der Waals surface area contributed by atoms with Crippen LogP contribution in [0.25, 0.3) is 0 Å². The number of nitrogens with two attached hydrogens (primary N) is 1. The third-order valence-electron chi connectivity index (χ3n) is 2.96. The summed E-state index contributed by atoms with van der Waals surface area (Å²) in [4.78, 5) is 10.7. The fourth-order valence-electron chi connectivity index (χ4n) is 1.78.